The fourth-order valence-electron chi connectivity index (χ4n) is 0.972. The minimum Gasteiger partial charge on any atom is -0.480 e. The minimum absolute atomic E-state index is 0.0513. The highest BCUT2D eigenvalue weighted by Crippen LogP contribution is 1.95. The molecule has 1 unspecified atom stereocenters. The van der Waals surface area contributed by atoms with Gasteiger partial charge in [0.2, 0.25) is 5.91 Å². The predicted molar refractivity (Wildman–Crippen MR) is 60.1 cm³/mol. The van der Waals surface area contributed by atoms with Gasteiger partial charge in [0.15, 0.2) is 0 Å². The Bertz CT molecular complexity index is 261. The maximum Gasteiger partial charge on any atom is 0.326 e. The van der Waals surface area contributed by atoms with Crippen LogP contribution in [-0.2, 0) is 14.3 Å². The molecule has 1 atom stereocenters. The molecule has 92 valence electrons. The van der Waals surface area contributed by atoms with E-state index in [2.05, 4.69) is 5.32 Å². The van der Waals surface area contributed by atoms with Gasteiger partial charge in [0.05, 0.1) is 6.10 Å². The molecule has 16 heavy (non-hydrogen) atoms. The summed E-state index contributed by atoms with van der Waals surface area (Å²) in [6.45, 7) is 5.30. The summed E-state index contributed by atoms with van der Waals surface area (Å²) in [7, 11) is 0. The van der Waals surface area contributed by atoms with Gasteiger partial charge in [0.25, 0.3) is 0 Å². The molecule has 0 aromatic rings. The van der Waals surface area contributed by atoms with Crippen LogP contribution in [0.5, 0.6) is 0 Å². The molecule has 5 heteroatoms. The van der Waals surface area contributed by atoms with Crippen molar-refractivity contribution >= 4 is 11.9 Å². The van der Waals surface area contributed by atoms with Crippen molar-refractivity contribution in [2.24, 2.45) is 0 Å². The number of carboxylic acids is 1. The summed E-state index contributed by atoms with van der Waals surface area (Å²) in [5.41, 5.74) is 0. The van der Waals surface area contributed by atoms with Crippen LogP contribution in [0.25, 0.3) is 0 Å². The normalized spacial score (nSPS) is 13.0. The van der Waals surface area contributed by atoms with E-state index in [1.807, 2.05) is 13.8 Å². The van der Waals surface area contributed by atoms with Gasteiger partial charge < -0.3 is 15.2 Å². The second-order valence-corrected chi connectivity index (χ2v) is 3.62. The third kappa shape index (κ3) is 7.00. The molecule has 0 aliphatic rings. The summed E-state index contributed by atoms with van der Waals surface area (Å²) in [5, 5.41) is 11.2. The number of carbonyl (C=O) groups is 2. The van der Waals surface area contributed by atoms with Crippen molar-refractivity contribution in [2.45, 2.75) is 39.3 Å². The van der Waals surface area contributed by atoms with Crippen LogP contribution in [0.15, 0.2) is 12.2 Å². The molecule has 0 aromatic heterocycles. The van der Waals surface area contributed by atoms with Crippen molar-refractivity contribution < 1.29 is 19.4 Å². The number of allylic oxidation sites excluding steroid dienone is 1. The number of carbonyl (C=O) groups excluding carboxylic acids is 1. The van der Waals surface area contributed by atoms with Gasteiger partial charge in [-0.1, -0.05) is 12.2 Å². The first-order chi connectivity index (χ1) is 7.47. The maximum atomic E-state index is 11.3. The highest BCUT2D eigenvalue weighted by molar-refractivity contribution is 5.84. The first-order valence-corrected chi connectivity index (χ1v) is 5.22. The zero-order valence-electron chi connectivity index (χ0n) is 9.90. The predicted octanol–water partition coefficient (Wildman–Crippen LogP) is 0.947. The highest BCUT2D eigenvalue weighted by atomic mass is 16.5. The SMILES string of the molecule is C/C=C/CC(NC(=O)COC(C)C)C(=O)O. The zero-order valence-corrected chi connectivity index (χ0v) is 9.90. The van der Waals surface area contributed by atoms with E-state index in [-0.39, 0.29) is 19.1 Å². The molecule has 0 heterocycles. The summed E-state index contributed by atoms with van der Waals surface area (Å²) in [4.78, 5) is 22.1. The molecule has 0 saturated carbocycles. The molecule has 0 spiro atoms. The lowest BCUT2D eigenvalue weighted by Crippen LogP contribution is -2.42. The molecule has 0 rings (SSSR count). The van der Waals surface area contributed by atoms with Crippen LogP contribution in [0, 0.1) is 0 Å². The number of amides is 1. The fraction of sp³-hybridized carbons (Fsp3) is 0.636. The summed E-state index contributed by atoms with van der Waals surface area (Å²) >= 11 is 0. The van der Waals surface area contributed by atoms with Gasteiger partial charge in [-0.2, -0.15) is 0 Å². The van der Waals surface area contributed by atoms with E-state index < -0.39 is 17.9 Å². The van der Waals surface area contributed by atoms with Crippen LogP contribution < -0.4 is 5.32 Å². The van der Waals surface area contributed by atoms with E-state index in [0.717, 1.165) is 0 Å². The molecule has 0 radical (unpaired) electrons. The smallest absolute Gasteiger partial charge is 0.326 e. The second-order valence-electron chi connectivity index (χ2n) is 3.62. The number of hydrogen-bond donors (Lipinski definition) is 2. The average molecular weight is 229 g/mol. The molecule has 0 aliphatic carbocycles. The van der Waals surface area contributed by atoms with Crippen LogP contribution in [0.4, 0.5) is 0 Å². The van der Waals surface area contributed by atoms with Gasteiger partial charge in [0, 0.05) is 0 Å². The Kier molecular flexibility index (Phi) is 7.20. The third-order valence-electron chi connectivity index (χ3n) is 1.79. The van der Waals surface area contributed by atoms with E-state index in [0.29, 0.717) is 0 Å². The molecule has 0 bridgehead atoms. The Morgan fingerprint density at radius 3 is 2.50 bits per heavy atom. The van der Waals surface area contributed by atoms with Crippen LogP contribution in [0.2, 0.25) is 0 Å². The number of nitrogens with one attached hydrogen (secondary N) is 1. The van der Waals surface area contributed by atoms with E-state index in [4.69, 9.17) is 9.84 Å². The summed E-state index contributed by atoms with van der Waals surface area (Å²) in [6.07, 6.45) is 3.67. The average Bonchev–Trinajstić information content (AvgIpc) is 2.20. The van der Waals surface area contributed by atoms with E-state index in [1.165, 1.54) is 0 Å². The summed E-state index contributed by atoms with van der Waals surface area (Å²) in [5.74, 6) is -1.46. The van der Waals surface area contributed by atoms with Gasteiger partial charge in [-0.3, -0.25) is 4.79 Å². The fourth-order valence-corrected chi connectivity index (χ4v) is 0.972. The van der Waals surface area contributed by atoms with Crippen LogP contribution in [0.1, 0.15) is 27.2 Å². The summed E-state index contributed by atoms with van der Waals surface area (Å²) < 4.78 is 5.07. The van der Waals surface area contributed by atoms with Crippen molar-refractivity contribution in [1.29, 1.82) is 0 Å². The van der Waals surface area contributed by atoms with Gasteiger partial charge in [0.1, 0.15) is 12.6 Å². The number of aliphatic carboxylic acids is 1. The Morgan fingerprint density at radius 1 is 1.44 bits per heavy atom. The Hall–Kier alpha value is -1.36. The Labute approximate surface area is 95.5 Å². The number of ether oxygens (including phenoxy) is 1. The third-order valence-corrected chi connectivity index (χ3v) is 1.79. The Morgan fingerprint density at radius 2 is 2.06 bits per heavy atom. The minimum atomic E-state index is -1.05. The number of rotatable bonds is 7. The van der Waals surface area contributed by atoms with Gasteiger partial charge in [-0.25, -0.2) is 4.79 Å². The van der Waals surface area contributed by atoms with Crippen molar-refractivity contribution in [3.05, 3.63) is 12.2 Å². The quantitative estimate of drug-likeness (QED) is 0.637. The van der Waals surface area contributed by atoms with Crippen LogP contribution in [-0.4, -0.2) is 35.7 Å². The molecular formula is C11H19NO4. The van der Waals surface area contributed by atoms with Crippen molar-refractivity contribution in [3.63, 3.8) is 0 Å². The molecule has 0 aliphatic heterocycles. The molecule has 1 amide bonds. The molecule has 0 fully saturated rings. The highest BCUT2D eigenvalue weighted by Gasteiger charge is 2.18. The second kappa shape index (κ2) is 7.87. The largest absolute Gasteiger partial charge is 0.480 e. The molecule has 0 saturated heterocycles. The van der Waals surface area contributed by atoms with E-state index in [9.17, 15) is 9.59 Å². The van der Waals surface area contributed by atoms with Crippen molar-refractivity contribution in [1.82, 2.24) is 5.32 Å². The topological polar surface area (TPSA) is 75.6 Å². The Balaban J connectivity index is 4.08. The van der Waals surface area contributed by atoms with E-state index in [1.54, 1.807) is 19.1 Å². The van der Waals surface area contributed by atoms with Gasteiger partial charge >= 0.3 is 5.97 Å². The van der Waals surface area contributed by atoms with Gasteiger partial charge in [-0.05, 0) is 27.2 Å². The zero-order chi connectivity index (χ0) is 12.6. The molecule has 5 nitrogen and oxygen atoms in total. The lowest BCUT2D eigenvalue weighted by atomic mass is 10.2. The monoisotopic (exact) mass is 229 g/mol. The standard InChI is InChI=1S/C11H19NO4/c1-4-5-6-9(11(14)15)12-10(13)7-16-8(2)3/h4-5,8-9H,6-7H2,1-3H3,(H,12,13)(H,14,15)/b5-4+. The van der Waals surface area contributed by atoms with Crippen molar-refractivity contribution in [2.75, 3.05) is 6.61 Å². The summed E-state index contributed by atoms with van der Waals surface area (Å²) in [6, 6.07) is -0.889. The van der Waals surface area contributed by atoms with Crippen LogP contribution in [0.3, 0.4) is 0 Å². The number of carboxylic acid groups (broad SMARTS) is 1. The van der Waals surface area contributed by atoms with E-state index >= 15 is 0 Å². The van der Waals surface area contributed by atoms with Crippen molar-refractivity contribution in [3.8, 4) is 0 Å². The first kappa shape index (κ1) is 14.6. The lowest BCUT2D eigenvalue weighted by Gasteiger charge is -2.13. The molecule has 0 aromatic carbocycles. The van der Waals surface area contributed by atoms with Crippen LogP contribution >= 0.6 is 0 Å². The van der Waals surface area contributed by atoms with Gasteiger partial charge in [-0.15, -0.1) is 0 Å². The lowest BCUT2D eigenvalue weighted by molar-refractivity contribution is -0.142. The maximum absolute atomic E-state index is 11.3. The number of hydrogen-bond acceptors (Lipinski definition) is 3. The molecule has 2 N–H and O–H groups in total. The molecular weight excluding hydrogens is 210 g/mol. The first-order valence-electron chi connectivity index (χ1n) is 5.22.